The van der Waals surface area contributed by atoms with Gasteiger partial charge < -0.3 is 9.84 Å². The van der Waals surface area contributed by atoms with Gasteiger partial charge in [0, 0.05) is 4.47 Å². The van der Waals surface area contributed by atoms with Crippen molar-refractivity contribution in [3.63, 3.8) is 0 Å². The predicted octanol–water partition coefficient (Wildman–Crippen LogP) is 1.30. The Kier molecular flexibility index (Phi) is 5.48. The van der Waals surface area contributed by atoms with Gasteiger partial charge in [-0.3, -0.25) is 4.79 Å². The molecule has 0 fully saturated rings. The molecule has 0 spiro atoms. The largest absolute Gasteiger partial charge is 0.478 e. The van der Waals surface area contributed by atoms with Gasteiger partial charge >= 0.3 is 11.9 Å². The average molecular weight is 380 g/mol. The summed E-state index contributed by atoms with van der Waals surface area (Å²) in [5, 5.41) is 8.99. The molecule has 0 radical (unpaired) electrons. The van der Waals surface area contributed by atoms with Crippen LogP contribution >= 0.6 is 15.9 Å². The molecule has 1 rings (SSSR count). The van der Waals surface area contributed by atoms with Crippen molar-refractivity contribution in [1.82, 2.24) is 4.72 Å². The first kappa shape index (κ1) is 17.6. The number of hydrogen-bond donors (Lipinski definition) is 2. The van der Waals surface area contributed by atoms with Gasteiger partial charge in [-0.1, -0.05) is 15.9 Å². The van der Waals surface area contributed by atoms with Crippen LogP contribution in [0.1, 0.15) is 22.8 Å². The number of halogens is 1. The van der Waals surface area contributed by atoms with E-state index in [4.69, 9.17) is 5.11 Å². The molecular weight excluding hydrogens is 366 g/mol. The maximum atomic E-state index is 12.3. The third-order valence-electron chi connectivity index (χ3n) is 2.72. The van der Waals surface area contributed by atoms with Crippen molar-refractivity contribution in [3.8, 4) is 0 Å². The molecule has 21 heavy (non-hydrogen) atoms. The van der Waals surface area contributed by atoms with Gasteiger partial charge in [0.15, 0.2) is 0 Å². The van der Waals surface area contributed by atoms with Crippen molar-refractivity contribution >= 4 is 37.9 Å². The Morgan fingerprint density at radius 2 is 1.95 bits per heavy atom. The molecule has 0 aliphatic carbocycles. The Morgan fingerprint density at radius 3 is 2.43 bits per heavy atom. The summed E-state index contributed by atoms with van der Waals surface area (Å²) in [7, 11) is -2.93. The van der Waals surface area contributed by atoms with Gasteiger partial charge in [0.25, 0.3) is 0 Å². The average Bonchev–Trinajstić information content (AvgIpc) is 2.39. The van der Waals surface area contributed by atoms with E-state index < -0.39 is 28.0 Å². The van der Waals surface area contributed by atoms with Gasteiger partial charge in [-0.25, -0.2) is 13.2 Å². The molecule has 1 unspecified atom stereocenters. The van der Waals surface area contributed by atoms with Gasteiger partial charge in [-0.15, -0.1) is 0 Å². The summed E-state index contributed by atoms with van der Waals surface area (Å²) in [4.78, 5) is 22.1. The third-order valence-corrected chi connectivity index (χ3v) is 5.21. The fourth-order valence-electron chi connectivity index (χ4n) is 1.58. The standard InChI is InChI=1S/C12H14BrNO6S/c1-6-9(13)4-8(11(15)16)5-10(6)21(18,19)14-7(2)12(17)20-3/h4-5,7,14H,1-3H3,(H,15,16). The molecule has 1 aromatic carbocycles. The zero-order chi connectivity index (χ0) is 16.4. The lowest BCUT2D eigenvalue weighted by atomic mass is 10.1. The van der Waals surface area contributed by atoms with E-state index in [1.54, 1.807) is 0 Å². The summed E-state index contributed by atoms with van der Waals surface area (Å²) in [6.07, 6.45) is 0. The fourth-order valence-corrected chi connectivity index (χ4v) is 3.65. The van der Waals surface area contributed by atoms with Crippen LogP contribution in [0.2, 0.25) is 0 Å². The van der Waals surface area contributed by atoms with E-state index in [0.717, 1.165) is 13.2 Å². The van der Waals surface area contributed by atoms with Gasteiger partial charge in [0.2, 0.25) is 10.0 Å². The molecule has 7 nitrogen and oxygen atoms in total. The number of carbonyl (C=O) groups is 2. The molecule has 2 N–H and O–H groups in total. The highest BCUT2D eigenvalue weighted by Crippen LogP contribution is 2.26. The lowest BCUT2D eigenvalue weighted by Gasteiger charge is -2.15. The number of nitrogens with one attached hydrogen (secondary N) is 1. The molecule has 0 saturated heterocycles. The van der Waals surface area contributed by atoms with Crippen LogP contribution < -0.4 is 4.72 Å². The number of rotatable bonds is 5. The smallest absolute Gasteiger partial charge is 0.335 e. The summed E-state index contributed by atoms with van der Waals surface area (Å²) in [5.41, 5.74) is 0.156. The summed E-state index contributed by atoms with van der Waals surface area (Å²) in [5.74, 6) is -2.00. The molecule has 0 aliphatic rings. The lowest BCUT2D eigenvalue weighted by molar-refractivity contribution is -0.142. The highest BCUT2D eigenvalue weighted by atomic mass is 79.9. The minimum absolute atomic E-state index is 0.182. The van der Waals surface area contributed by atoms with Crippen molar-refractivity contribution in [2.45, 2.75) is 24.8 Å². The van der Waals surface area contributed by atoms with Crippen molar-refractivity contribution < 1.29 is 27.9 Å². The van der Waals surface area contributed by atoms with E-state index in [-0.39, 0.29) is 10.5 Å². The minimum Gasteiger partial charge on any atom is -0.478 e. The number of hydrogen-bond acceptors (Lipinski definition) is 5. The predicted molar refractivity (Wildman–Crippen MR) is 77.6 cm³/mol. The number of sulfonamides is 1. The lowest BCUT2D eigenvalue weighted by Crippen LogP contribution is -2.39. The van der Waals surface area contributed by atoms with Crippen LogP contribution in [0.25, 0.3) is 0 Å². The zero-order valence-corrected chi connectivity index (χ0v) is 13.9. The van der Waals surface area contributed by atoms with E-state index in [2.05, 4.69) is 25.4 Å². The topological polar surface area (TPSA) is 110 Å². The second-order valence-corrected chi connectivity index (χ2v) is 6.79. The number of benzene rings is 1. The zero-order valence-electron chi connectivity index (χ0n) is 11.5. The maximum absolute atomic E-state index is 12.3. The van der Waals surface area contributed by atoms with Crippen molar-refractivity contribution in [1.29, 1.82) is 0 Å². The van der Waals surface area contributed by atoms with Crippen molar-refractivity contribution in [3.05, 3.63) is 27.7 Å². The van der Waals surface area contributed by atoms with Crippen LogP contribution in [-0.2, 0) is 19.6 Å². The number of methoxy groups -OCH3 is 1. The first-order valence-electron chi connectivity index (χ1n) is 5.73. The number of esters is 1. The number of aromatic carboxylic acids is 1. The number of carboxylic acids is 1. The molecule has 0 aromatic heterocycles. The second-order valence-electron chi connectivity index (χ2n) is 4.25. The SMILES string of the molecule is COC(=O)C(C)NS(=O)(=O)c1cc(C(=O)O)cc(Br)c1C. The van der Waals surface area contributed by atoms with E-state index in [1.807, 2.05) is 0 Å². The van der Waals surface area contributed by atoms with Crippen LogP contribution in [0.5, 0.6) is 0 Å². The Morgan fingerprint density at radius 1 is 1.38 bits per heavy atom. The number of carbonyl (C=O) groups excluding carboxylic acids is 1. The molecule has 116 valence electrons. The molecular formula is C12H14BrNO6S. The Bertz CT molecular complexity index is 685. The van der Waals surface area contributed by atoms with Crippen LogP contribution in [0.15, 0.2) is 21.5 Å². The molecule has 0 aliphatic heterocycles. The van der Waals surface area contributed by atoms with Crippen molar-refractivity contribution in [2.24, 2.45) is 0 Å². The first-order valence-corrected chi connectivity index (χ1v) is 8.01. The molecule has 0 amide bonds. The van der Waals surface area contributed by atoms with E-state index in [9.17, 15) is 18.0 Å². The summed E-state index contributed by atoms with van der Waals surface area (Å²) >= 11 is 3.12. The molecule has 1 atom stereocenters. The highest BCUT2D eigenvalue weighted by Gasteiger charge is 2.26. The molecule has 9 heteroatoms. The van der Waals surface area contributed by atoms with Gasteiger partial charge in [-0.2, -0.15) is 4.72 Å². The van der Waals surface area contributed by atoms with Crippen molar-refractivity contribution in [2.75, 3.05) is 7.11 Å². The van der Waals surface area contributed by atoms with Crippen LogP contribution in [0.4, 0.5) is 0 Å². The highest BCUT2D eigenvalue weighted by molar-refractivity contribution is 9.10. The summed E-state index contributed by atoms with van der Waals surface area (Å²) in [6.45, 7) is 2.85. The van der Waals surface area contributed by atoms with E-state index in [1.165, 1.54) is 19.9 Å². The molecule has 1 aromatic rings. The van der Waals surface area contributed by atoms with E-state index in [0.29, 0.717) is 10.0 Å². The monoisotopic (exact) mass is 379 g/mol. The van der Waals surface area contributed by atoms with E-state index >= 15 is 0 Å². The molecule has 0 heterocycles. The number of ether oxygens (including phenoxy) is 1. The Balaban J connectivity index is 3.31. The van der Waals surface area contributed by atoms with Crippen LogP contribution in [0, 0.1) is 6.92 Å². The van der Waals surface area contributed by atoms with Crippen LogP contribution in [-0.4, -0.2) is 38.6 Å². The van der Waals surface area contributed by atoms with Gasteiger partial charge in [-0.05, 0) is 31.5 Å². The van der Waals surface area contributed by atoms with Gasteiger partial charge in [0.05, 0.1) is 17.6 Å². The summed E-state index contributed by atoms with van der Waals surface area (Å²) < 4.78 is 31.5. The normalized spacial score (nSPS) is 12.8. The Labute approximate surface area is 130 Å². The Hall–Kier alpha value is -1.45. The summed E-state index contributed by atoms with van der Waals surface area (Å²) in [6, 6.07) is 1.25. The van der Waals surface area contributed by atoms with Gasteiger partial charge in [0.1, 0.15) is 6.04 Å². The quantitative estimate of drug-likeness (QED) is 0.746. The minimum atomic E-state index is -4.07. The first-order chi connectivity index (χ1) is 9.60. The fraction of sp³-hybridized carbons (Fsp3) is 0.333. The number of carboxylic acid groups (broad SMARTS) is 1. The second kappa shape index (κ2) is 6.54. The molecule has 0 bridgehead atoms. The third kappa shape index (κ3) is 4.02. The maximum Gasteiger partial charge on any atom is 0.335 e. The molecule has 0 saturated carbocycles. The van der Waals surface area contributed by atoms with Crippen LogP contribution in [0.3, 0.4) is 0 Å².